The second-order valence-corrected chi connectivity index (χ2v) is 4.54. The summed E-state index contributed by atoms with van der Waals surface area (Å²) in [7, 11) is 0. The Morgan fingerprint density at radius 3 is 2.87 bits per heavy atom. The largest absolute Gasteiger partial charge is 0.294 e. The minimum Gasteiger partial charge on any atom is -0.294 e. The average Bonchev–Trinajstić information content (AvgIpc) is 2.65. The average molecular weight is 207 g/mol. The van der Waals surface area contributed by atoms with Gasteiger partial charge < -0.3 is 0 Å². The van der Waals surface area contributed by atoms with E-state index in [-0.39, 0.29) is 5.82 Å². The number of rotatable bonds is 2. The molecular weight excluding hydrogens is 189 g/mol. The van der Waals surface area contributed by atoms with Crippen LogP contribution in [0, 0.1) is 5.82 Å². The summed E-state index contributed by atoms with van der Waals surface area (Å²) in [5.41, 5.74) is 1.13. The van der Waals surface area contributed by atoms with E-state index in [0.29, 0.717) is 12.1 Å². The molecule has 0 N–H and O–H groups in total. The fourth-order valence-corrected chi connectivity index (χ4v) is 2.48. The van der Waals surface area contributed by atoms with Crippen LogP contribution in [0.2, 0.25) is 0 Å². The van der Waals surface area contributed by atoms with Crippen molar-refractivity contribution in [2.75, 3.05) is 6.54 Å². The molecule has 0 bridgehead atoms. The zero-order chi connectivity index (χ0) is 10.8. The van der Waals surface area contributed by atoms with Crippen molar-refractivity contribution in [3.05, 3.63) is 35.6 Å². The van der Waals surface area contributed by atoms with Crippen molar-refractivity contribution in [3.63, 3.8) is 0 Å². The highest BCUT2D eigenvalue weighted by atomic mass is 19.1. The first-order valence-corrected chi connectivity index (χ1v) is 5.69. The number of halogens is 1. The van der Waals surface area contributed by atoms with Crippen LogP contribution in [0.15, 0.2) is 24.3 Å². The lowest BCUT2D eigenvalue weighted by Crippen LogP contribution is -2.30. The van der Waals surface area contributed by atoms with Gasteiger partial charge in [0.1, 0.15) is 5.82 Å². The Morgan fingerprint density at radius 2 is 2.20 bits per heavy atom. The van der Waals surface area contributed by atoms with E-state index in [1.165, 1.54) is 12.5 Å². The standard InChI is InChI=1S/C13H18FN/c1-10(2)15-8-4-7-13(15)11-5-3-6-12(14)9-11/h3,5-6,9-10,13H,4,7-8H2,1-2H3. The van der Waals surface area contributed by atoms with E-state index in [9.17, 15) is 4.39 Å². The second-order valence-electron chi connectivity index (χ2n) is 4.54. The fraction of sp³-hybridized carbons (Fsp3) is 0.538. The van der Waals surface area contributed by atoms with Crippen molar-refractivity contribution in [1.29, 1.82) is 0 Å². The van der Waals surface area contributed by atoms with Crippen molar-refractivity contribution in [3.8, 4) is 0 Å². The minimum absolute atomic E-state index is 0.122. The number of likely N-dealkylation sites (tertiary alicyclic amines) is 1. The van der Waals surface area contributed by atoms with E-state index in [4.69, 9.17) is 0 Å². The van der Waals surface area contributed by atoms with Crippen LogP contribution < -0.4 is 0 Å². The number of nitrogens with zero attached hydrogens (tertiary/aromatic N) is 1. The molecule has 0 aliphatic carbocycles. The van der Waals surface area contributed by atoms with Crippen molar-refractivity contribution >= 4 is 0 Å². The highest BCUT2D eigenvalue weighted by Gasteiger charge is 2.27. The molecule has 0 aromatic heterocycles. The Labute approximate surface area is 90.9 Å². The Kier molecular flexibility index (Phi) is 3.06. The summed E-state index contributed by atoms with van der Waals surface area (Å²) < 4.78 is 13.1. The van der Waals surface area contributed by atoms with Gasteiger partial charge in [-0.2, -0.15) is 0 Å². The monoisotopic (exact) mass is 207 g/mol. The molecule has 2 heteroatoms. The molecular formula is C13H18FN. The van der Waals surface area contributed by atoms with Crippen molar-refractivity contribution in [2.45, 2.75) is 38.8 Å². The molecule has 1 aliphatic heterocycles. The maximum absolute atomic E-state index is 13.1. The first-order valence-electron chi connectivity index (χ1n) is 5.69. The lowest BCUT2D eigenvalue weighted by molar-refractivity contribution is 0.205. The summed E-state index contributed by atoms with van der Waals surface area (Å²) >= 11 is 0. The van der Waals surface area contributed by atoms with Gasteiger partial charge in [0.05, 0.1) is 0 Å². The minimum atomic E-state index is -0.122. The first-order chi connectivity index (χ1) is 7.18. The maximum Gasteiger partial charge on any atom is 0.123 e. The molecule has 1 unspecified atom stereocenters. The topological polar surface area (TPSA) is 3.24 Å². The van der Waals surface area contributed by atoms with Gasteiger partial charge in [-0.15, -0.1) is 0 Å². The Bertz CT molecular complexity index is 335. The van der Waals surface area contributed by atoms with Crippen molar-refractivity contribution in [1.82, 2.24) is 4.90 Å². The van der Waals surface area contributed by atoms with Gasteiger partial charge in [-0.1, -0.05) is 12.1 Å². The number of benzene rings is 1. The van der Waals surface area contributed by atoms with Crippen LogP contribution in [-0.4, -0.2) is 17.5 Å². The van der Waals surface area contributed by atoms with Gasteiger partial charge >= 0.3 is 0 Å². The summed E-state index contributed by atoms with van der Waals surface area (Å²) in [6, 6.07) is 7.99. The third-order valence-corrected chi connectivity index (χ3v) is 3.19. The van der Waals surface area contributed by atoms with E-state index >= 15 is 0 Å². The van der Waals surface area contributed by atoms with Gasteiger partial charge in [-0.05, 0) is 50.9 Å². The summed E-state index contributed by atoms with van der Waals surface area (Å²) in [5.74, 6) is -0.122. The molecule has 0 radical (unpaired) electrons. The molecule has 0 spiro atoms. The van der Waals surface area contributed by atoms with Gasteiger partial charge in [-0.25, -0.2) is 4.39 Å². The SMILES string of the molecule is CC(C)N1CCCC1c1cccc(F)c1. The molecule has 1 aromatic rings. The van der Waals surface area contributed by atoms with Gasteiger partial charge in [0.25, 0.3) is 0 Å². The Hall–Kier alpha value is -0.890. The van der Waals surface area contributed by atoms with Crippen molar-refractivity contribution in [2.24, 2.45) is 0 Å². The zero-order valence-electron chi connectivity index (χ0n) is 9.41. The van der Waals surface area contributed by atoms with E-state index in [1.54, 1.807) is 6.07 Å². The summed E-state index contributed by atoms with van der Waals surface area (Å²) in [6.45, 7) is 5.55. The maximum atomic E-state index is 13.1. The molecule has 2 rings (SSSR count). The van der Waals surface area contributed by atoms with E-state index < -0.39 is 0 Å². The van der Waals surface area contributed by atoms with E-state index in [0.717, 1.165) is 18.5 Å². The predicted molar refractivity (Wildman–Crippen MR) is 60.2 cm³/mol. The zero-order valence-corrected chi connectivity index (χ0v) is 9.41. The molecule has 1 aromatic carbocycles. The third kappa shape index (κ3) is 2.20. The lowest BCUT2D eigenvalue weighted by atomic mass is 10.0. The first kappa shape index (κ1) is 10.6. The molecule has 1 atom stereocenters. The molecule has 1 nitrogen and oxygen atoms in total. The second kappa shape index (κ2) is 4.31. The van der Waals surface area contributed by atoms with E-state index in [2.05, 4.69) is 18.7 Å². The quantitative estimate of drug-likeness (QED) is 0.718. The Balaban J connectivity index is 2.22. The molecule has 1 aliphatic rings. The molecule has 1 fully saturated rings. The highest BCUT2D eigenvalue weighted by Crippen LogP contribution is 2.33. The van der Waals surface area contributed by atoms with Gasteiger partial charge in [0.15, 0.2) is 0 Å². The molecule has 15 heavy (non-hydrogen) atoms. The van der Waals surface area contributed by atoms with Crippen LogP contribution in [0.3, 0.4) is 0 Å². The smallest absolute Gasteiger partial charge is 0.123 e. The lowest BCUT2D eigenvalue weighted by Gasteiger charge is -2.28. The Morgan fingerprint density at radius 1 is 1.40 bits per heavy atom. The molecule has 0 saturated carbocycles. The van der Waals surface area contributed by atoms with Crippen LogP contribution in [0.5, 0.6) is 0 Å². The summed E-state index contributed by atoms with van der Waals surface area (Å²) in [5, 5.41) is 0. The van der Waals surface area contributed by atoms with E-state index in [1.807, 2.05) is 12.1 Å². The van der Waals surface area contributed by atoms with Gasteiger partial charge in [-0.3, -0.25) is 4.90 Å². The number of hydrogen-bond acceptors (Lipinski definition) is 1. The fourth-order valence-electron chi connectivity index (χ4n) is 2.48. The van der Waals surface area contributed by atoms with Crippen LogP contribution >= 0.6 is 0 Å². The molecule has 82 valence electrons. The van der Waals surface area contributed by atoms with Crippen LogP contribution in [0.4, 0.5) is 4.39 Å². The molecule has 1 saturated heterocycles. The molecule has 0 amide bonds. The normalized spacial score (nSPS) is 22.5. The van der Waals surface area contributed by atoms with Gasteiger partial charge in [0, 0.05) is 12.1 Å². The number of hydrogen-bond donors (Lipinski definition) is 0. The summed E-state index contributed by atoms with van der Waals surface area (Å²) in [4.78, 5) is 2.45. The van der Waals surface area contributed by atoms with Crippen LogP contribution in [0.25, 0.3) is 0 Å². The highest BCUT2D eigenvalue weighted by molar-refractivity contribution is 5.21. The van der Waals surface area contributed by atoms with Crippen LogP contribution in [-0.2, 0) is 0 Å². The van der Waals surface area contributed by atoms with Crippen molar-refractivity contribution < 1.29 is 4.39 Å². The third-order valence-electron chi connectivity index (χ3n) is 3.19. The molecule has 1 heterocycles. The predicted octanol–water partition coefficient (Wildman–Crippen LogP) is 3.37. The summed E-state index contributed by atoms with van der Waals surface area (Å²) in [6.07, 6.45) is 2.38. The van der Waals surface area contributed by atoms with Crippen LogP contribution in [0.1, 0.15) is 38.3 Å². The van der Waals surface area contributed by atoms with Gasteiger partial charge in [0.2, 0.25) is 0 Å².